The fourth-order valence-electron chi connectivity index (χ4n) is 1.59. The number of aliphatic hydroxyl groups is 1. The van der Waals surface area contributed by atoms with Crippen LogP contribution in [0.5, 0.6) is 0 Å². The van der Waals surface area contributed by atoms with Gasteiger partial charge in [0.15, 0.2) is 5.79 Å². The Balaban J connectivity index is 2.41. The predicted molar refractivity (Wildman–Crippen MR) is 50.4 cm³/mol. The van der Waals surface area contributed by atoms with Crippen LogP contribution < -0.4 is 0 Å². The first kappa shape index (κ1) is 11.0. The zero-order valence-electron chi connectivity index (χ0n) is 8.75. The topological polar surface area (TPSA) is 38.7 Å². The van der Waals surface area contributed by atoms with Crippen LogP contribution in [0.25, 0.3) is 0 Å². The van der Waals surface area contributed by atoms with E-state index >= 15 is 0 Å². The first-order valence-corrected chi connectivity index (χ1v) is 4.98. The Morgan fingerprint density at radius 2 is 2.15 bits per heavy atom. The molecule has 1 saturated heterocycles. The van der Waals surface area contributed by atoms with Crippen LogP contribution in [0.4, 0.5) is 0 Å². The van der Waals surface area contributed by atoms with E-state index in [0.29, 0.717) is 5.92 Å². The lowest BCUT2D eigenvalue weighted by Crippen LogP contribution is -2.44. The summed E-state index contributed by atoms with van der Waals surface area (Å²) in [6, 6.07) is 0. The van der Waals surface area contributed by atoms with Gasteiger partial charge in [0.25, 0.3) is 0 Å². The SMILES string of the molecule is C[C@H]1COC(C)(C)O[C@@H]1CCCO. The minimum absolute atomic E-state index is 0.232. The zero-order valence-corrected chi connectivity index (χ0v) is 8.75. The molecule has 0 aliphatic carbocycles. The Bertz CT molecular complexity index is 156. The van der Waals surface area contributed by atoms with E-state index in [-0.39, 0.29) is 12.7 Å². The summed E-state index contributed by atoms with van der Waals surface area (Å²) in [7, 11) is 0. The summed E-state index contributed by atoms with van der Waals surface area (Å²) in [5.74, 6) is -0.0216. The van der Waals surface area contributed by atoms with E-state index in [2.05, 4.69) is 6.92 Å². The van der Waals surface area contributed by atoms with Crippen molar-refractivity contribution < 1.29 is 14.6 Å². The van der Waals surface area contributed by atoms with Crippen molar-refractivity contribution in [3.8, 4) is 0 Å². The van der Waals surface area contributed by atoms with Gasteiger partial charge in [-0.15, -0.1) is 0 Å². The van der Waals surface area contributed by atoms with Crippen LogP contribution in [0.3, 0.4) is 0 Å². The average Bonchev–Trinajstić information content (AvgIpc) is 2.07. The highest BCUT2D eigenvalue weighted by atomic mass is 16.7. The third-order valence-electron chi connectivity index (χ3n) is 2.41. The van der Waals surface area contributed by atoms with Gasteiger partial charge in [0, 0.05) is 12.5 Å². The van der Waals surface area contributed by atoms with Gasteiger partial charge < -0.3 is 14.6 Å². The molecule has 1 aliphatic rings. The van der Waals surface area contributed by atoms with E-state index in [1.165, 1.54) is 0 Å². The smallest absolute Gasteiger partial charge is 0.163 e. The van der Waals surface area contributed by atoms with Crippen molar-refractivity contribution in [2.75, 3.05) is 13.2 Å². The minimum atomic E-state index is -0.452. The Hall–Kier alpha value is -0.120. The molecule has 0 unspecified atom stereocenters. The van der Waals surface area contributed by atoms with Crippen LogP contribution >= 0.6 is 0 Å². The van der Waals surface area contributed by atoms with Gasteiger partial charge in [0.2, 0.25) is 0 Å². The molecule has 0 spiro atoms. The lowest BCUT2D eigenvalue weighted by molar-refractivity contribution is -0.291. The van der Waals surface area contributed by atoms with Gasteiger partial charge in [-0.25, -0.2) is 0 Å². The molecule has 3 heteroatoms. The molecule has 1 heterocycles. The number of ether oxygens (including phenoxy) is 2. The third kappa shape index (κ3) is 3.25. The molecule has 0 amide bonds. The maximum Gasteiger partial charge on any atom is 0.163 e. The first-order valence-electron chi connectivity index (χ1n) is 4.98. The summed E-state index contributed by atoms with van der Waals surface area (Å²) in [5, 5.41) is 8.73. The van der Waals surface area contributed by atoms with Crippen molar-refractivity contribution in [3.05, 3.63) is 0 Å². The molecule has 0 aromatic carbocycles. The fraction of sp³-hybridized carbons (Fsp3) is 1.00. The highest BCUT2D eigenvalue weighted by Gasteiger charge is 2.33. The second kappa shape index (κ2) is 4.40. The van der Waals surface area contributed by atoms with E-state index in [1.807, 2.05) is 13.8 Å². The molecule has 2 atom stereocenters. The summed E-state index contributed by atoms with van der Waals surface area (Å²) in [6.45, 7) is 6.99. The normalized spacial score (nSPS) is 33.2. The molecule has 0 aromatic rings. The van der Waals surface area contributed by atoms with Crippen LogP contribution in [0.15, 0.2) is 0 Å². The van der Waals surface area contributed by atoms with E-state index in [1.54, 1.807) is 0 Å². The molecule has 0 bridgehead atoms. The van der Waals surface area contributed by atoms with E-state index < -0.39 is 5.79 Å². The van der Waals surface area contributed by atoms with Gasteiger partial charge in [0.1, 0.15) is 0 Å². The standard InChI is InChI=1S/C10H20O3/c1-8-7-12-10(2,3)13-9(8)5-4-6-11/h8-9,11H,4-7H2,1-3H3/t8-,9+/m0/s1. The summed E-state index contributed by atoms with van der Waals surface area (Å²) in [4.78, 5) is 0. The molecule has 1 rings (SSSR count). The number of rotatable bonds is 3. The van der Waals surface area contributed by atoms with Gasteiger partial charge in [0.05, 0.1) is 12.7 Å². The maximum atomic E-state index is 8.73. The molecular formula is C10H20O3. The van der Waals surface area contributed by atoms with E-state index in [9.17, 15) is 0 Å². The molecule has 78 valence electrons. The molecule has 13 heavy (non-hydrogen) atoms. The van der Waals surface area contributed by atoms with Crippen LogP contribution in [-0.4, -0.2) is 30.2 Å². The highest BCUT2D eigenvalue weighted by Crippen LogP contribution is 2.28. The molecule has 0 saturated carbocycles. The number of hydrogen-bond donors (Lipinski definition) is 1. The minimum Gasteiger partial charge on any atom is -0.396 e. The van der Waals surface area contributed by atoms with Crippen molar-refractivity contribution in [1.29, 1.82) is 0 Å². The zero-order chi connectivity index (χ0) is 9.90. The van der Waals surface area contributed by atoms with Crippen LogP contribution in [0.2, 0.25) is 0 Å². The number of hydrogen-bond acceptors (Lipinski definition) is 3. The lowest BCUT2D eigenvalue weighted by atomic mass is 9.99. The highest BCUT2D eigenvalue weighted by molar-refractivity contribution is 4.74. The lowest BCUT2D eigenvalue weighted by Gasteiger charge is -2.39. The fourth-order valence-corrected chi connectivity index (χ4v) is 1.59. The average molecular weight is 188 g/mol. The Labute approximate surface area is 80.0 Å². The van der Waals surface area contributed by atoms with E-state index in [0.717, 1.165) is 19.4 Å². The summed E-state index contributed by atoms with van der Waals surface area (Å²) >= 11 is 0. The molecule has 0 aromatic heterocycles. The quantitative estimate of drug-likeness (QED) is 0.730. The monoisotopic (exact) mass is 188 g/mol. The van der Waals surface area contributed by atoms with Gasteiger partial charge in [-0.2, -0.15) is 0 Å². The van der Waals surface area contributed by atoms with Crippen molar-refractivity contribution in [2.45, 2.75) is 45.5 Å². The van der Waals surface area contributed by atoms with Crippen LogP contribution in [0.1, 0.15) is 33.6 Å². The number of aliphatic hydroxyl groups excluding tert-OH is 1. The van der Waals surface area contributed by atoms with Gasteiger partial charge >= 0.3 is 0 Å². The largest absolute Gasteiger partial charge is 0.396 e. The maximum absolute atomic E-state index is 8.73. The van der Waals surface area contributed by atoms with Crippen molar-refractivity contribution in [1.82, 2.24) is 0 Å². The van der Waals surface area contributed by atoms with E-state index in [4.69, 9.17) is 14.6 Å². The van der Waals surface area contributed by atoms with Crippen LogP contribution in [0, 0.1) is 5.92 Å². The van der Waals surface area contributed by atoms with Crippen molar-refractivity contribution in [2.24, 2.45) is 5.92 Å². The molecular weight excluding hydrogens is 168 g/mol. The molecule has 1 fully saturated rings. The van der Waals surface area contributed by atoms with Gasteiger partial charge in [-0.3, -0.25) is 0 Å². The molecule has 1 N–H and O–H groups in total. The van der Waals surface area contributed by atoms with Gasteiger partial charge in [-0.05, 0) is 26.7 Å². The first-order chi connectivity index (χ1) is 6.05. The molecule has 3 nitrogen and oxygen atoms in total. The second-order valence-corrected chi connectivity index (χ2v) is 4.21. The van der Waals surface area contributed by atoms with Crippen molar-refractivity contribution >= 4 is 0 Å². The summed E-state index contributed by atoms with van der Waals surface area (Å²) < 4.78 is 11.3. The summed E-state index contributed by atoms with van der Waals surface area (Å²) in [6.07, 6.45) is 1.96. The van der Waals surface area contributed by atoms with Gasteiger partial charge in [-0.1, -0.05) is 6.92 Å². The second-order valence-electron chi connectivity index (χ2n) is 4.21. The Morgan fingerprint density at radius 3 is 2.77 bits per heavy atom. The predicted octanol–water partition coefficient (Wildman–Crippen LogP) is 1.55. The summed E-state index contributed by atoms with van der Waals surface area (Å²) in [5.41, 5.74) is 0. The Morgan fingerprint density at radius 1 is 1.46 bits per heavy atom. The Kier molecular flexibility index (Phi) is 3.71. The molecule has 1 aliphatic heterocycles. The third-order valence-corrected chi connectivity index (χ3v) is 2.41. The van der Waals surface area contributed by atoms with Crippen molar-refractivity contribution in [3.63, 3.8) is 0 Å². The van der Waals surface area contributed by atoms with Crippen LogP contribution in [-0.2, 0) is 9.47 Å². The molecule has 0 radical (unpaired) electrons.